The predicted molar refractivity (Wildman–Crippen MR) is 235 cm³/mol. The average Bonchev–Trinajstić information content (AvgIpc) is 3.82. The van der Waals surface area contributed by atoms with E-state index in [0.717, 1.165) is 72.5 Å². The Kier molecular flexibility index (Phi) is 8.70. The van der Waals surface area contributed by atoms with E-state index in [9.17, 15) is 5.11 Å². The van der Waals surface area contributed by atoms with Crippen molar-refractivity contribution in [3.8, 4) is 67.5 Å². The number of furan rings is 1. The van der Waals surface area contributed by atoms with Crippen molar-refractivity contribution in [2.45, 2.75) is 52.4 Å². The number of rotatable bonds is 6. The first-order valence-electron chi connectivity index (χ1n) is 19.5. The topological polar surface area (TPSA) is 64.1 Å². The number of benzene rings is 5. The van der Waals surface area contributed by atoms with Crippen molar-refractivity contribution in [1.29, 1.82) is 0 Å². The smallest absolute Gasteiger partial charge is 0.159 e. The number of phenolic OH excluding ortho intramolecular Hbond substituents is 1. The van der Waals surface area contributed by atoms with E-state index in [0.29, 0.717) is 11.3 Å². The van der Waals surface area contributed by atoms with Crippen LogP contribution in [-0.2, 0) is 10.8 Å². The summed E-state index contributed by atoms with van der Waals surface area (Å²) in [5.74, 6) is 0.197. The molecule has 0 spiro atoms. The molecule has 0 bridgehead atoms. The van der Waals surface area contributed by atoms with Gasteiger partial charge in [-0.05, 0) is 99.3 Å². The van der Waals surface area contributed by atoms with E-state index in [1.807, 2.05) is 36.5 Å². The summed E-state index contributed by atoms with van der Waals surface area (Å²) < 4.78 is 8.32. The van der Waals surface area contributed by atoms with Crippen molar-refractivity contribution >= 4 is 22.0 Å². The number of phenols is 1. The molecule has 0 saturated carbocycles. The molecular weight excluding hydrogens is 699 g/mol. The van der Waals surface area contributed by atoms with Crippen molar-refractivity contribution in [1.82, 2.24) is 14.5 Å². The van der Waals surface area contributed by atoms with Crippen LogP contribution in [0.4, 0.5) is 0 Å². The zero-order valence-corrected chi connectivity index (χ0v) is 33.2. The van der Waals surface area contributed by atoms with E-state index in [2.05, 4.69) is 155 Å². The second-order valence-corrected chi connectivity index (χ2v) is 17.0. The molecule has 57 heavy (non-hydrogen) atoms. The van der Waals surface area contributed by atoms with E-state index in [4.69, 9.17) is 14.4 Å². The van der Waals surface area contributed by atoms with E-state index in [-0.39, 0.29) is 16.6 Å². The molecule has 4 heterocycles. The van der Waals surface area contributed by atoms with Crippen LogP contribution in [0.15, 0.2) is 162 Å². The maximum absolute atomic E-state index is 11.0. The summed E-state index contributed by atoms with van der Waals surface area (Å²) in [6.07, 6.45) is 3.65. The third kappa shape index (κ3) is 6.69. The van der Waals surface area contributed by atoms with Crippen LogP contribution in [0.5, 0.6) is 5.75 Å². The molecule has 9 rings (SSSR count). The van der Waals surface area contributed by atoms with Gasteiger partial charge in [-0.1, -0.05) is 120 Å². The van der Waals surface area contributed by atoms with E-state index in [1.54, 1.807) is 12.3 Å². The molecule has 0 amide bonds. The lowest BCUT2D eigenvalue weighted by molar-refractivity contribution is 0.477. The Morgan fingerprint density at radius 1 is 0.526 bits per heavy atom. The van der Waals surface area contributed by atoms with Gasteiger partial charge in [-0.15, -0.1) is 0 Å². The Labute approximate surface area is 334 Å². The molecule has 9 aromatic rings. The number of aromatic hydroxyl groups is 1. The molecular formula is C52H45N3O2. The Morgan fingerprint density at radius 2 is 1.16 bits per heavy atom. The molecule has 0 unspecified atom stereocenters. The molecule has 1 N–H and O–H groups in total. The molecule has 280 valence electrons. The molecule has 0 aliphatic heterocycles. The second-order valence-electron chi connectivity index (χ2n) is 17.0. The minimum atomic E-state index is -0.0384. The summed E-state index contributed by atoms with van der Waals surface area (Å²) in [4.78, 5) is 10.1. The highest BCUT2D eigenvalue weighted by Gasteiger charge is 2.23. The Bertz CT molecular complexity index is 2910. The number of para-hydroxylation sites is 3. The standard InChI is InChI=1S/C52H45N3O2/c1-51(2,3)38-27-36(28-39(32-38)52(4,5)6)37-30-45(54-46(31-37)42-18-10-11-21-48(42)56)35-15-12-14-34(26-35)44-29-33(22-24-53-44)41-19-13-20-43-49(41)55(40-16-8-7-9-17-40)47-23-25-57-50(43)47/h7-32,56H,1-6H3. The Morgan fingerprint density at radius 3 is 1.89 bits per heavy atom. The van der Waals surface area contributed by atoms with Crippen LogP contribution in [0.1, 0.15) is 52.7 Å². The van der Waals surface area contributed by atoms with Gasteiger partial charge in [0.25, 0.3) is 0 Å². The highest BCUT2D eigenvalue weighted by atomic mass is 16.3. The van der Waals surface area contributed by atoms with Gasteiger partial charge in [0.15, 0.2) is 5.58 Å². The number of aromatic nitrogens is 3. The van der Waals surface area contributed by atoms with Crippen molar-refractivity contribution in [3.05, 3.63) is 169 Å². The second kappa shape index (κ2) is 13.8. The predicted octanol–water partition coefficient (Wildman–Crippen LogP) is 13.8. The molecule has 0 aliphatic rings. The van der Waals surface area contributed by atoms with Crippen LogP contribution in [0, 0.1) is 0 Å². The molecule has 5 heteroatoms. The van der Waals surface area contributed by atoms with Crippen molar-refractivity contribution < 1.29 is 9.52 Å². The first-order chi connectivity index (χ1) is 27.4. The maximum atomic E-state index is 11.0. The van der Waals surface area contributed by atoms with Crippen molar-refractivity contribution in [2.75, 3.05) is 0 Å². The number of hydrogen-bond donors (Lipinski definition) is 1. The van der Waals surface area contributed by atoms with Gasteiger partial charge in [-0.25, -0.2) is 4.98 Å². The Hall–Kier alpha value is -6.72. The minimum absolute atomic E-state index is 0.0384. The first kappa shape index (κ1) is 35.9. The van der Waals surface area contributed by atoms with E-state index < -0.39 is 0 Å². The summed E-state index contributed by atoms with van der Waals surface area (Å²) in [5.41, 5.74) is 15.9. The lowest BCUT2D eigenvalue weighted by atomic mass is 9.79. The van der Waals surface area contributed by atoms with Gasteiger partial charge in [-0.2, -0.15) is 0 Å². The normalized spacial score (nSPS) is 12.1. The van der Waals surface area contributed by atoms with Crippen LogP contribution in [-0.4, -0.2) is 19.6 Å². The van der Waals surface area contributed by atoms with E-state index >= 15 is 0 Å². The van der Waals surface area contributed by atoms with Crippen LogP contribution in [0.25, 0.3) is 83.7 Å². The van der Waals surface area contributed by atoms with Gasteiger partial charge in [-0.3, -0.25) is 4.98 Å². The highest BCUT2D eigenvalue weighted by Crippen LogP contribution is 2.41. The fraction of sp³-hybridized carbons (Fsp3) is 0.154. The molecule has 0 saturated heterocycles. The summed E-state index contributed by atoms with van der Waals surface area (Å²) in [6, 6.07) is 50.2. The Balaban J connectivity index is 1.18. The molecule has 0 fully saturated rings. The van der Waals surface area contributed by atoms with Gasteiger partial charge in [0.2, 0.25) is 0 Å². The summed E-state index contributed by atoms with van der Waals surface area (Å²) in [7, 11) is 0. The number of hydrogen-bond acceptors (Lipinski definition) is 4. The zero-order valence-electron chi connectivity index (χ0n) is 33.2. The zero-order chi connectivity index (χ0) is 39.5. The molecule has 0 atom stereocenters. The largest absolute Gasteiger partial charge is 0.507 e. The number of fused-ring (bicyclic) bond motifs is 3. The lowest BCUT2D eigenvalue weighted by Crippen LogP contribution is -2.16. The fourth-order valence-electron chi connectivity index (χ4n) is 7.77. The first-order valence-corrected chi connectivity index (χ1v) is 19.5. The van der Waals surface area contributed by atoms with Gasteiger partial charge >= 0.3 is 0 Å². The maximum Gasteiger partial charge on any atom is 0.159 e. The van der Waals surface area contributed by atoms with Gasteiger partial charge in [0.1, 0.15) is 5.75 Å². The quantitative estimate of drug-likeness (QED) is 0.184. The van der Waals surface area contributed by atoms with Gasteiger partial charge in [0.05, 0.1) is 34.4 Å². The SMILES string of the molecule is CC(C)(C)c1cc(-c2cc(-c3cccc(-c4cc(-c5cccc6c7occc7n(-c7ccccc7)c56)ccn4)c3)nc(-c3ccccc3O)c2)cc(C(C)(C)C)c1. The average molecular weight is 744 g/mol. The number of pyridine rings is 2. The third-order valence-corrected chi connectivity index (χ3v) is 10.9. The lowest BCUT2D eigenvalue weighted by Gasteiger charge is -2.26. The third-order valence-electron chi connectivity index (χ3n) is 10.9. The van der Waals surface area contributed by atoms with Gasteiger partial charge in [0, 0.05) is 45.6 Å². The molecule has 0 aliphatic carbocycles. The summed E-state index contributed by atoms with van der Waals surface area (Å²) in [6.45, 7) is 13.6. The van der Waals surface area contributed by atoms with E-state index in [1.165, 1.54) is 11.1 Å². The van der Waals surface area contributed by atoms with Crippen LogP contribution in [0.2, 0.25) is 0 Å². The van der Waals surface area contributed by atoms with Crippen molar-refractivity contribution in [2.24, 2.45) is 0 Å². The molecule has 5 aromatic carbocycles. The molecule has 0 radical (unpaired) electrons. The van der Waals surface area contributed by atoms with Crippen molar-refractivity contribution in [3.63, 3.8) is 0 Å². The summed E-state index contributed by atoms with van der Waals surface area (Å²) in [5, 5.41) is 12.1. The van der Waals surface area contributed by atoms with Crippen LogP contribution < -0.4 is 0 Å². The highest BCUT2D eigenvalue weighted by molar-refractivity contribution is 6.11. The van der Waals surface area contributed by atoms with Crippen LogP contribution >= 0.6 is 0 Å². The van der Waals surface area contributed by atoms with Gasteiger partial charge < -0.3 is 14.1 Å². The minimum Gasteiger partial charge on any atom is -0.507 e. The van der Waals surface area contributed by atoms with Crippen LogP contribution in [0.3, 0.4) is 0 Å². The molecule has 5 nitrogen and oxygen atoms in total. The fourth-order valence-corrected chi connectivity index (χ4v) is 7.77. The number of nitrogens with zero attached hydrogens (tertiary/aromatic N) is 3. The monoisotopic (exact) mass is 743 g/mol. The summed E-state index contributed by atoms with van der Waals surface area (Å²) >= 11 is 0. The molecule has 4 aromatic heterocycles.